The molecule has 0 bridgehead atoms. The lowest BCUT2D eigenvalue weighted by Crippen LogP contribution is -2.39. The number of thioether (sulfide) groups is 1. The van der Waals surface area contributed by atoms with Crippen LogP contribution in [0.1, 0.15) is 19.1 Å². The van der Waals surface area contributed by atoms with Gasteiger partial charge in [-0.15, -0.1) is 0 Å². The Hall–Kier alpha value is -2.08. The van der Waals surface area contributed by atoms with E-state index in [1.54, 1.807) is 31.2 Å². The van der Waals surface area contributed by atoms with Gasteiger partial charge in [-0.2, -0.15) is 11.8 Å². The first-order valence-corrected chi connectivity index (χ1v) is 9.07. The zero-order valence-electron chi connectivity index (χ0n) is 14.0. The highest BCUT2D eigenvalue weighted by Gasteiger charge is 2.18. The molecule has 0 radical (unpaired) electrons. The molecule has 0 fully saturated rings. The van der Waals surface area contributed by atoms with Gasteiger partial charge < -0.3 is 19.2 Å². The van der Waals surface area contributed by atoms with E-state index in [0.717, 1.165) is 17.3 Å². The fraction of sp³-hybridized carbons (Fsp3) is 0.389. The summed E-state index contributed by atoms with van der Waals surface area (Å²) in [7, 11) is 1.60. The number of carbonyl (C=O) groups is 1. The van der Waals surface area contributed by atoms with Crippen LogP contribution in [0.5, 0.6) is 11.5 Å². The number of hydrogen-bond donors (Lipinski definition) is 1. The fourth-order valence-corrected chi connectivity index (χ4v) is 2.84. The van der Waals surface area contributed by atoms with Gasteiger partial charge in [0.15, 0.2) is 6.10 Å². The summed E-state index contributed by atoms with van der Waals surface area (Å²) in [6.45, 7) is 2.53. The number of benzene rings is 1. The second kappa shape index (κ2) is 9.93. The molecule has 0 saturated heterocycles. The van der Waals surface area contributed by atoms with Gasteiger partial charge in [0.1, 0.15) is 17.3 Å². The number of furan rings is 1. The summed E-state index contributed by atoms with van der Waals surface area (Å²) in [6, 6.07) is 11.1. The molecule has 1 aromatic carbocycles. The Morgan fingerprint density at radius 1 is 1.29 bits per heavy atom. The van der Waals surface area contributed by atoms with Crippen molar-refractivity contribution in [2.24, 2.45) is 0 Å². The smallest absolute Gasteiger partial charge is 0.261 e. The minimum atomic E-state index is -0.507. The topological polar surface area (TPSA) is 60.7 Å². The Labute approximate surface area is 146 Å². The molecule has 5 nitrogen and oxygen atoms in total. The first-order chi connectivity index (χ1) is 11.7. The predicted molar refractivity (Wildman–Crippen MR) is 95.6 cm³/mol. The number of hydrogen-bond acceptors (Lipinski definition) is 5. The molecule has 1 aromatic heterocycles. The largest absolute Gasteiger partial charge is 0.497 e. The van der Waals surface area contributed by atoms with E-state index < -0.39 is 6.10 Å². The van der Waals surface area contributed by atoms with Crippen LogP contribution in [0.25, 0.3) is 0 Å². The summed E-state index contributed by atoms with van der Waals surface area (Å²) in [5.41, 5.74) is 0. The van der Waals surface area contributed by atoms with Crippen molar-refractivity contribution in [3.63, 3.8) is 0 Å². The SMILES string of the molecule is CC[C@@H](Oc1cccc(OC)c1)C(=O)NCCSCc1ccco1. The number of nitrogens with one attached hydrogen (secondary N) is 1. The van der Waals surface area contributed by atoms with Crippen LogP contribution in [0.2, 0.25) is 0 Å². The molecular formula is C18H23NO4S. The third-order valence-electron chi connectivity index (χ3n) is 3.35. The van der Waals surface area contributed by atoms with Crippen LogP contribution in [0.15, 0.2) is 47.1 Å². The zero-order valence-corrected chi connectivity index (χ0v) is 14.8. The molecule has 2 rings (SSSR count). The van der Waals surface area contributed by atoms with Crippen LogP contribution in [0.3, 0.4) is 0 Å². The third-order valence-corrected chi connectivity index (χ3v) is 4.33. The van der Waals surface area contributed by atoms with Crippen molar-refractivity contribution < 1.29 is 18.7 Å². The van der Waals surface area contributed by atoms with Crippen LogP contribution in [-0.2, 0) is 10.5 Å². The van der Waals surface area contributed by atoms with Gasteiger partial charge in [0.25, 0.3) is 5.91 Å². The van der Waals surface area contributed by atoms with Crippen LogP contribution in [0, 0.1) is 0 Å². The van der Waals surface area contributed by atoms with E-state index in [1.807, 2.05) is 37.3 Å². The summed E-state index contributed by atoms with van der Waals surface area (Å²) < 4.78 is 16.2. The molecule has 130 valence electrons. The number of amides is 1. The summed E-state index contributed by atoms with van der Waals surface area (Å²) in [5, 5.41) is 2.92. The average molecular weight is 349 g/mol. The van der Waals surface area contributed by atoms with E-state index in [0.29, 0.717) is 24.5 Å². The van der Waals surface area contributed by atoms with Crippen LogP contribution >= 0.6 is 11.8 Å². The van der Waals surface area contributed by atoms with E-state index >= 15 is 0 Å². The van der Waals surface area contributed by atoms with E-state index in [1.165, 1.54) is 0 Å². The minimum Gasteiger partial charge on any atom is -0.497 e. The minimum absolute atomic E-state index is 0.0982. The van der Waals surface area contributed by atoms with E-state index in [2.05, 4.69) is 5.32 Å². The van der Waals surface area contributed by atoms with E-state index in [4.69, 9.17) is 13.9 Å². The first-order valence-electron chi connectivity index (χ1n) is 7.91. The Kier molecular flexibility index (Phi) is 7.55. The first kappa shape index (κ1) is 18.3. The molecule has 0 aliphatic carbocycles. The molecule has 0 spiro atoms. The summed E-state index contributed by atoms with van der Waals surface area (Å²) in [5.74, 6) is 3.81. The maximum absolute atomic E-state index is 12.2. The van der Waals surface area contributed by atoms with Crippen molar-refractivity contribution in [3.05, 3.63) is 48.4 Å². The van der Waals surface area contributed by atoms with Crippen LogP contribution in [0.4, 0.5) is 0 Å². The summed E-state index contributed by atoms with van der Waals surface area (Å²) in [6.07, 6.45) is 1.76. The second-order valence-corrected chi connectivity index (χ2v) is 6.22. The van der Waals surface area contributed by atoms with Crippen LogP contribution < -0.4 is 14.8 Å². The second-order valence-electron chi connectivity index (χ2n) is 5.12. The number of ether oxygens (including phenoxy) is 2. The van der Waals surface area contributed by atoms with Gasteiger partial charge in [0.05, 0.1) is 19.1 Å². The van der Waals surface area contributed by atoms with Crippen molar-refractivity contribution in [2.45, 2.75) is 25.2 Å². The molecular weight excluding hydrogens is 326 g/mol. The van der Waals surface area contributed by atoms with Gasteiger partial charge in [-0.3, -0.25) is 4.79 Å². The molecule has 1 atom stereocenters. The zero-order chi connectivity index (χ0) is 17.2. The van der Waals surface area contributed by atoms with Gasteiger partial charge in [-0.25, -0.2) is 0 Å². The maximum Gasteiger partial charge on any atom is 0.261 e. The Morgan fingerprint density at radius 2 is 2.12 bits per heavy atom. The summed E-state index contributed by atoms with van der Waals surface area (Å²) >= 11 is 1.72. The molecule has 0 aliphatic heterocycles. The molecule has 0 unspecified atom stereocenters. The van der Waals surface area contributed by atoms with Crippen molar-refractivity contribution in [2.75, 3.05) is 19.4 Å². The highest BCUT2D eigenvalue weighted by atomic mass is 32.2. The molecule has 1 N–H and O–H groups in total. The van der Waals surface area contributed by atoms with Crippen molar-refractivity contribution in [3.8, 4) is 11.5 Å². The molecule has 1 amide bonds. The highest BCUT2D eigenvalue weighted by Crippen LogP contribution is 2.20. The monoisotopic (exact) mass is 349 g/mol. The van der Waals surface area contributed by atoms with E-state index in [-0.39, 0.29) is 5.91 Å². The lowest BCUT2D eigenvalue weighted by atomic mass is 10.2. The molecule has 24 heavy (non-hydrogen) atoms. The molecule has 6 heteroatoms. The number of methoxy groups -OCH3 is 1. The van der Waals surface area contributed by atoms with Crippen molar-refractivity contribution in [1.29, 1.82) is 0 Å². The van der Waals surface area contributed by atoms with Gasteiger partial charge in [0, 0.05) is 18.4 Å². The van der Waals surface area contributed by atoms with E-state index in [9.17, 15) is 4.79 Å². The standard InChI is InChI=1S/C18H23NO4S/c1-3-17(23-15-7-4-6-14(12-15)21-2)18(20)19-9-11-24-13-16-8-5-10-22-16/h4-8,10,12,17H,3,9,11,13H2,1-2H3,(H,19,20)/t17-/m1/s1. The third kappa shape index (κ3) is 5.85. The molecule has 2 aromatic rings. The predicted octanol–water partition coefficient (Wildman–Crippen LogP) is 3.50. The molecule has 0 aliphatic rings. The lowest BCUT2D eigenvalue weighted by Gasteiger charge is -2.17. The summed E-state index contributed by atoms with van der Waals surface area (Å²) in [4.78, 5) is 12.2. The fourth-order valence-electron chi connectivity index (χ4n) is 2.09. The highest BCUT2D eigenvalue weighted by molar-refractivity contribution is 7.98. The average Bonchev–Trinajstić information content (AvgIpc) is 3.12. The normalized spacial score (nSPS) is 11.8. The van der Waals surface area contributed by atoms with Gasteiger partial charge >= 0.3 is 0 Å². The number of rotatable bonds is 10. The van der Waals surface area contributed by atoms with Crippen molar-refractivity contribution >= 4 is 17.7 Å². The van der Waals surface area contributed by atoms with Gasteiger partial charge in [-0.05, 0) is 30.7 Å². The molecule has 1 heterocycles. The van der Waals surface area contributed by atoms with Crippen molar-refractivity contribution in [1.82, 2.24) is 5.32 Å². The Bertz CT molecular complexity index is 615. The van der Waals surface area contributed by atoms with Gasteiger partial charge in [-0.1, -0.05) is 13.0 Å². The molecule has 0 saturated carbocycles. The van der Waals surface area contributed by atoms with Crippen LogP contribution in [-0.4, -0.2) is 31.4 Å². The lowest BCUT2D eigenvalue weighted by molar-refractivity contribution is -0.127. The van der Waals surface area contributed by atoms with Gasteiger partial charge in [0.2, 0.25) is 0 Å². The maximum atomic E-state index is 12.2. The Balaban J connectivity index is 1.72. The number of carbonyl (C=O) groups excluding carboxylic acids is 1. The Morgan fingerprint density at radius 3 is 2.83 bits per heavy atom. The quantitative estimate of drug-likeness (QED) is 0.665.